The Morgan fingerprint density at radius 1 is 0.976 bits per heavy atom. The molecule has 0 radical (unpaired) electrons. The van der Waals surface area contributed by atoms with E-state index in [0.717, 1.165) is 11.6 Å². The molecule has 6 rings (SSSR count). The highest BCUT2D eigenvalue weighted by Gasteiger charge is 2.41. The number of amides is 1. The minimum atomic E-state index is -0.738. The predicted molar refractivity (Wildman–Crippen MR) is 148 cm³/mol. The number of anilines is 1. The third kappa shape index (κ3) is 5.54. The molecule has 2 aliphatic rings. The van der Waals surface area contributed by atoms with E-state index in [1.54, 1.807) is 4.90 Å². The number of benzene rings is 2. The molecule has 1 amide bonds. The largest absolute Gasteiger partial charge is 0.445 e. The quantitative estimate of drug-likeness (QED) is 0.342. The number of hydrogen-bond donors (Lipinski definition) is 0. The molecule has 0 saturated carbocycles. The van der Waals surface area contributed by atoms with Crippen LogP contribution in [-0.2, 0) is 16.1 Å². The fraction of sp³-hybridized carbons (Fsp3) is 0.367. The topological polar surface area (TPSA) is 93.6 Å². The zero-order chi connectivity index (χ0) is 28.7. The van der Waals surface area contributed by atoms with Crippen molar-refractivity contribution in [3.8, 4) is 11.3 Å². The van der Waals surface area contributed by atoms with Gasteiger partial charge < -0.3 is 19.3 Å². The molecule has 212 valence electrons. The van der Waals surface area contributed by atoms with E-state index in [4.69, 9.17) is 19.4 Å². The van der Waals surface area contributed by atoms with E-state index >= 15 is 0 Å². The third-order valence-corrected chi connectivity index (χ3v) is 7.58. The molecule has 0 N–H and O–H groups in total. The third-order valence-electron chi connectivity index (χ3n) is 7.58. The highest BCUT2D eigenvalue weighted by molar-refractivity contribution is 5.88. The smallest absolute Gasteiger partial charge is 0.410 e. The minimum Gasteiger partial charge on any atom is -0.445 e. The summed E-state index contributed by atoms with van der Waals surface area (Å²) in [4.78, 5) is 34.9. The Morgan fingerprint density at radius 2 is 1.73 bits per heavy atom. The van der Waals surface area contributed by atoms with Gasteiger partial charge in [-0.1, -0.05) is 30.3 Å². The number of hydrogen-bond acceptors (Lipinski definition) is 8. The van der Waals surface area contributed by atoms with E-state index in [-0.39, 0.29) is 42.1 Å². The second-order valence-corrected chi connectivity index (χ2v) is 10.7. The van der Waals surface area contributed by atoms with Crippen molar-refractivity contribution in [2.75, 3.05) is 31.1 Å². The summed E-state index contributed by atoms with van der Waals surface area (Å²) in [5.74, 6) is -0.930. The van der Waals surface area contributed by atoms with Crippen molar-refractivity contribution in [2.45, 2.75) is 39.6 Å². The van der Waals surface area contributed by atoms with E-state index in [2.05, 4.69) is 9.97 Å². The maximum absolute atomic E-state index is 14.9. The molecule has 41 heavy (non-hydrogen) atoms. The number of carbonyl (C=O) groups is 1. The molecule has 9 nitrogen and oxygen atoms in total. The molecular formula is C30H30F2N6O3. The van der Waals surface area contributed by atoms with Gasteiger partial charge in [0, 0.05) is 43.7 Å². The lowest BCUT2D eigenvalue weighted by atomic mass is 9.92. The molecule has 2 fully saturated rings. The maximum Gasteiger partial charge on any atom is 0.410 e. The summed E-state index contributed by atoms with van der Waals surface area (Å²) in [5, 5.41) is 0. The summed E-state index contributed by atoms with van der Waals surface area (Å²) in [6.07, 6.45) is -0.657. The van der Waals surface area contributed by atoms with Crippen molar-refractivity contribution in [3.63, 3.8) is 0 Å². The van der Waals surface area contributed by atoms with Crippen LogP contribution >= 0.6 is 0 Å². The van der Waals surface area contributed by atoms with Crippen LogP contribution in [0.1, 0.15) is 23.9 Å². The summed E-state index contributed by atoms with van der Waals surface area (Å²) < 4.78 is 40.4. The Hall–Kier alpha value is -4.25. The van der Waals surface area contributed by atoms with Crippen LogP contribution in [0.25, 0.3) is 22.4 Å². The monoisotopic (exact) mass is 560 g/mol. The van der Waals surface area contributed by atoms with E-state index in [0.29, 0.717) is 54.7 Å². The van der Waals surface area contributed by atoms with Crippen LogP contribution in [0, 0.1) is 31.4 Å². The van der Waals surface area contributed by atoms with Crippen LogP contribution in [0.5, 0.6) is 0 Å². The fourth-order valence-electron chi connectivity index (χ4n) is 5.23. The summed E-state index contributed by atoms with van der Waals surface area (Å²) in [6, 6.07) is 12.9. The number of fused-ring (bicyclic) bond motifs is 1. The Morgan fingerprint density at radius 3 is 2.49 bits per heavy atom. The summed E-state index contributed by atoms with van der Waals surface area (Å²) in [5.41, 5.74) is 3.38. The number of halogens is 2. The number of aromatic nitrogens is 4. The molecule has 0 spiro atoms. The van der Waals surface area contributed by atoms with Crippen LogP contribution in [-0.4, -0.2) is 69.3 Å². The van der Waals surface area contributed by atoms with E-state index in [9.17, 15) is 13.6 Å². The molecule has 0 bridgehead atoms. The molecule has 2 aromatic carbocycles. The predicted octanol–water partition coefficient (Wildman–Crippen LogP) is 4.84. The minimum absolute atomic E-state index is 0.115. The van der Waals surface area contributed by atoms with Gasteiger partial charge in [-0.05, 0) is 38.5 Å². The SMILES string of the molecule is Cc1nc2nc(N3CC(C)OC(C4CN(C(=O)OCc5ccccc5)C4)C3)nc(-c3ccc(F)cc3F)c2nc1C. The number of aryl methyl sites for hydroxylation is 2. The van der Waals surface area contributed by atoms with Gasteiger partial charge in [0.1, 0.15) is 29.5 Å². The average molecular weight is 561 g/mol. The van der Waals surface area contributed by atoms with Gasteiger partial charge in [0.2, 0.25) is 5.95 Å². The van der Waals surface area contributed by atoms with Gasteiger partial charge in [-0.25, -0.2) is 28.5 Å². The Labute approximate surface area is 236 Å². The normalized spacial score (nSPS) is 19.3. The zero-order valence-electron chi connectivity index (χ0n) is 23.1. The molecule has 0 aliphatic carbocycles. The van der Waals surface area contributed by atoms with Gasteiger partial charge in [0.05, 0.1) is 23.6 Å². The maximum atomic E-state index is 14.9. The first-order valence-electron chi connectivity index (χ1n) is 13.6. The van der Waals surface area contributed by atoms with Crippen molar-refractivity contribution in [3.05, 3.63) is 77.1 Å². The number of nitrogens with zero attached hydrogens (tertiary/aromatic N) is 6. The Bertz CT molecular complexity index is 1600. The second kappa shape index (κ2) is 11.0. The molecular weight excluding hydrogens is 530 g/mol. The first-order valence-corrected chi connectivity index (χ1v) is 13.6. The van der Waals surface area contributed by atoms with Crippen LogP contribution in [0.2, 0.25) is 0 Å². The Balaban J connectivity index is 1.22. The van der Waals surface area contributed by atoms with Gasteiger partial charge in [-0.2, -0.15) is 4.98 Å². The summed E-state index contributed by atoms with van der Waals surface area (Å²) in [6.45, 7) is 7.89. The first-order chi connectivity index (χ1) is 19.7. The van der Waals surface area contributed by atoms with Gasteiger partial charge in [0.25, 0.3) is 0 Å². The van der Waals surface area contributed by atoms with Gasteiger partial charge in [-0.3, -0.25) is 0 Å². The lowest BCUT2D eigenvalue weighted by Crippen LogP contribution is -2.60. The summed E-state index contributed by atoms with van der Waals surface area (Å²) in [7, 11) is 0. The van der Waals surface area contributed by atoms with Crippen molar-refractivity contribution < 1.29 is 23.0 Å². The fourth-order valence-corrected chi connectivity index (χ4v) is 5.23. The molecule has 4 aromatic rings. The molecule has 2 saturated heterocycles. The number of rotatable bonds is 5. The van der Waals surface area contributed by atoms with E-state index < -0.39 is 11.6 Å². The van der Waals surface area contributed by atoms with Crippen LogP contribution in [0.4, 0.5) is 19.5 Å². The number of ether oxygens (including phenoxy) is 2. The highest BCUT2D eigenvalue weighted by atomic mass is 19.1. The molecule has 4 heterocycles. The molecule has 2 aromatic heterocycles. The zero-order valence-corrected chi connectivity index (χ0v) is 23.1. The molecule has 2 atom stereocenters. The number of likely N-dealkylation sites (tertiary alicyclic amines) is 1. The van der Waals surface area contributed by atoms with Crippen LogP contribution in [0.3, 0.4) is 0 Å². The van der Waals surface area contributed by atoms with Gasteiger partial charge >= 0.3 is 6.09 Å². The van der Waals surface area contributed by atoms with Crippen LogP contribution in [0.15, 0.2) is 48.5 Å². The second-order valence-electron chi connectivity index (χ2n) is 10.7. The molecule has 11 heteroatoms. The standard InChI is InChI=1S/C30H30F2N6O3/c1-17-12-37(15-25(41-17)21-13-38(14-21)30(39)40-16-20-7-5-4-6-8-20)29-35-26(23-10-9-22(31)11-24(23)32)27-28(36-29)34-19(3)18(2)33-27/h4-11,17,21,25H,12-16H2,1-3H3. The lowest BCUT2D eigenvalue weighted by Gasteiger charge is -2.47. The Kier molecular flexibility index (Phi) is 7.21. The van der Waals surface area contributed by atoms with Crippen molar-refractivity contribution in [1.29, 1.82) is 0 Å². The van der Waals surface area contributed by atoms with Crippen molar-refractivity contribution >= 4 is 23.2 Å². The van der Waals surface area contributed by atoms with E-state index in [1.807, 2.05) is 56.0 Å². The molecule has 2 unspecified atom stereocenters. The highest BCUT2D eigenvalue weighted by Crippen LogP contribution is 2.32. The molecule has 2 aliphatic heterocycles. The van der Waals surface area contributed by atoms with Crippen molar-refractivity contribution in [1.82, 2.24) is 24.8 Å². The first kappa shape index (κ1) is 26.9. The average Bonchev–Trinajstić information content (AvgIpc) is 2.92. The number of carbonyl (C=O) groups excluding carboxylic acids is 1. The summed E-state index contributed by atoms with van der Waals surface area (Å²) >= 11 is 0. The van der Waals surface area contributed by atoms with Crippen LogP contribution < -0.4 is 4.90 Å². The lowest BCUT2D eigenvalue weighted by molar-refractivity contribution is -0.0840. The number of morpholine rings is 1. The van der Waals surface area contributed by atoms with E-state index in [1.165, 1.54) is 12.1 Å². The van der Waals surface area contributed by atoms with Gasteiger partial charge in [-0.15, -0.1) is 0 Å². The van der Waals surface area contributed by atoms with Gasteiger partial charge in [0.15, 0.2) is 5.65 Å². The van der Waals surface area contributed by atoms with Crippen molar-refractivity contribution in [2.24, 2.45) is 5.92 Å².